The van der Waals surface area contributed by atoms with E-state index in [0.717, 1.165) is 8.61 Å². The SMILES string of the molecule is COc1cc(/C=N\NC(=O)[C@H]2CN(S(=O)(=O)c3ccccc3)CCN2S(=O)(=O)c2ccccc2)cc(Br)c1OC. The highest BCUT2D eigenvalue weighted by molar-refractivity contribution is 9.10. The van der Waals surface area contributed by atoms with Gasteiger partial charge in [0.05, 0.1) is 34.7 Å². The maximum absolute atomic E-state index is 13.5. The van der Waals surface area contributed by atoms with Crippen molar-refractivity contribution >= 4 is 48.1 Å². The minimum atomic E-state index is -4.13. The molecule has 0 aromatic heterocycles. The third kappa shape index (κ3) is 6.20. The Bertz CT molecular complexity index is 1600. The Balaban J connectivity index is 1.62. The van der Waals surface area contributed by atoms with Crippen molar-refractivity contribution in [2.75, 3.05) is 33.9 Å². The van der Waals surface area contributed by atoms with Gasteiger partial charge >= 0.3 is 0 Å². The highest BCUT2D eigenvalue weighted by Gasteiger charge is 2.43. The molecule has 0 spiro atoms. The molecule has 3 aromatic carbocycles. The van der Waals surface area contributed by atoms with Crippen molar-refractivity contribution < 1.29 is 31.1 Å². The van der Waals surface area contributed by atoms with Crippen molar-refractivity contribution in [3.63, 3.8) is 0 Å². The van der Waals surface area contributed by atoms with Crippen LogP contribution in [0.4, 0.5) is 0 Å². The number of ether oxygens (including phenoxy) is 2. The lowest BCUT2D eigenvalue weighted by Gasteiger charge is -2.38. The number of hydrazone groups is 1. The molecule has 1 heterocycles. The first-order valence-corrected chi connectivity index (χ1v) is 15.6. The predicted octanol–water partition coefficient (Wildman–Crippen LogP) is 2.68. The summed E-state index contributed by atoms with van der Waals surface area (Å²) < 4.78 is 66.9. The summed E-state index contributed by atoms with van der Waals surface area (Å²) in [6.45, 7) is -0.754. The summed E-state index contributed by atoms with van der Waals surface area (Å²) in [5.41, 5.74) is 2.92. The van der Waals surface area contributed by atoms with Gasteiger partial charge < -0.3 is 9.47 Å². The number of sulfonamides is 2. The maximum Gasteiger partial charge on any atom is 0.259 e. The molecule has 0 unspecified atom stereocenters. The van der Waals surface area contributed by atoms with E-state index in [1.807, 2.05) is 0 Å². The van der Waals surface area contributed by atoms with Gasteiger partial charge in [-0.3, -0.25) is 4.79 Å². The zero-order valence-corrected chi connectivity index (χ0v) is 24.8. The van der Waals surface area contributed by atoms with E-state index in [4.69, 9.17) is 9.47 Å². The fourth-order valence-electron chi connectivity index (χ4n) is 4.19. The molecule has 0 bridgehead atoms. The molecule has 0 aliphatic carbocycles. The number of piperazine rings is 1. The van der Waals surface area contributed by atoms with Gasteiger partial charge in [-0.1, -0.05) is 36.4 Å². The zero-order chi connectivity index (χ0) is 28.9. The molecule has 1 saturated heterocycles. The van der Waals surface area contributed by atoms with Gasteiger partial charge in [-0.25, -0.2) is 22.3 Å². The quantitative estimate of drug-likeness (QED) is 0.278. The van der Waals surface area contributed by atoms with Gasteiger partial charge in [0.2, 0.25) is 20.0 Å². The van der Waals surface area contributed by atoms with E-state index in [1.54, 1.807) is 48.5 Å². The van der Waals surface area contributed by atoms with Crippen LogP contribution < -0.4 is 14.9 Å². The molecule has 4 rings (SSSR count). The van der Waals surface area contributed by atoms with Gasteiger partial charge in [0.15, 0.2) is 11.5 Å². The molecule has 0 radical (unpaired) electrons. The second kappa shape index (κ2) is 12.5. The summed E-state index contributed by atoms with van der Waals surface area (Å²) in [5, 5.41) is 3.99. The first-order chi connectivity index (χ1) is 19.1. The van der Waals surface area contributed by atoms with Crippen LogP contribution in [0.5, 0.6) is 11.5 Å². The lowest BCUT2D eigenvalue weighted by Crippen LogP contribution is -2.60. The number of hydrogen-bond donors (Lipinski definition) is 1. The number of halogens is 1. The summed E-state index contributed by atoms with van der Waals surface area (Å²) in [7, 11) is -5.13. The normalized spacial score (nSPS) is 17.0. The van der Waals surface area contributed by atoms with Crippen molar-refractivity contribution in [3.8, 4) is 11.5 Å². The maximum atomic E-state index is 13.5. The number of benzene rings is 3. The fourth-order valence-corrected chi connectivity index (χ4v) is 7.86. The number of carbonyl (C=O) groups excluding carboxylic acids is 1. The fraction of sp³-hybridized carbons (Fsp3) is 0.231. The second-order valence-corrected chi connectivity index (χ2v) is 13.3. The number of methoxy groups -OCH3 is 2. The van der Waals surface area contributed by atoms with E-state index in [-0.39, 0.29) is 22.9 Å². The summed E-state index contributed by atoms with van der Waals surface area (Å²) in [5.74, 6) is 0.120. The number of nitrogens with zero attached hydrogens (tertiary/aromatic N) is 3. The van der Waals surface area contributed by atoms with Crippen molar-refractivity contribution in [3.05, 3.63) is 82.8 Å². The highest BCUT2D eigenvalue weighted by Crippen LogP contribution is 2.35. The third-order valence-corrected chi connectivity index (χ3v) is 10.6. The average molecular weight is 652 g/mol. The first-order valence-electron chi connectivity index (χ1n) is 12.0. The third-order valence-electron chi connectivity index (χ3n) is 6.17. The minimum absolute atomic E-state index is 0.00848. The number of rotatable bonds is 9. The molecule has 1 aliphatic heterocycles. The Morgan fingerprint density at radius 1 is 0.925 bits per heavy atom. The standard InChI is InChI=1S/C26H27BrN4O7S2/c1-37-24-16-19(15-22(27)25(24)38-2)17-28-29-26(32)23-18-30(39(33,34)20-9-5-3-6-10-20)13-14-31(23)40(35,36)21-11-7-4-8-12-21/h3-12,15-17,23H,13-14,18H2,1-2H3,(H,29,32)/b28-17-/t23-/m1/s1. The molecular formula is C26H27BrN4O7S2. The van der Waals surface area contributed by atoms with Crippen LogP contribution in [-0.4, -0.2) is 77.5 Å². The van der Waals surface area contributed by atoms with E-state index >= 15 is 0 Å². The highest BCUT2D eigenvalue weighted by atomic mass is 79.9. The van der Waals surface area contributed by atoms with Gasteiger partial charge in [-0.05, 0) is 57.9 Å². The molecule has 1 fully saturated rings. The molecule has 3 aromatic rings. The van der Waals surface area contributed by atoms with E-state index in [1.165, 1.54) is 44.7 Å². The van der Waals surface area contributed by atoms with Crippen molar-refractivity contribution in [1.82, 2.24) is 14.0 Å². The number of nitrogens with one attached hydrogen (secondary N) is 1. The van der Waals surface area contributed by atoms with Gasteiger partial charge in [0.1, 0.15) is 6.04 Å². The monoisotopic (exact) mass is 650 g/mol. The average Bonchev–Trinajstić information content (AvgIpc) is 2.97. The Hall–Kier alpha value is -3.30. The summed E-state index contributed by atoms with van der Waals surface area (Å²) in [6.07, 6.45) is 1.35. The van der Waals surface area contributed by atoms with Gasteiger partial charge in [0, 0.05) is 19.6 Å². The van der Waals surface area contributed by atoms with Crippen LogP contribution in [0.2, 0.25) is 0 Å². The van der Waals surface area contributed by atoms with Crippen LogP contribution >= 0.6 is 15.9 Å². The molecule has 40 heavy (non-hydrogen) atoms. The van der Waals surface area contributed by atoms with Crippen LogP contribution in [0, 0.1) is 0 Å². The summed E-state index contributed by atoms with van der Waals surface area (Å²) >= 11 is 3.39. The van der Waals surface area contributed by atoms with Crippen molar-refractivity contribution in [2.45, 2.75) is 15.8 Å². The number of amides is 1. The molecule has 0 saturated carbocycles. The van der Waals surface area contributed by atoms with Crippen LogP contribution in [-0.2, 0) is 24.8 Å². The Morgan fingerprint density at radius 3 is 2.10 bits per heavy atom. The molecule has 1 atom stereocenters. The van der Waals surface area contributed by atoms with Gasteiger partial charge in [0.25, 0.3) is 5.91 Å². The molecule has 1 N–H and O–H groups in total. The lowest BCUT2D eigenvalue weighted by molar-refractivity contribution is -0.125. The van der Waals surface area contributed by atoms with Gasteiger partial charge in [-0.15, -0.1) is 0 Å². The smallest absolute Gasteiger partial charge is 0.259 e. The summed E-state index contributed by atoms with van der Waals surface area (Å²) in [4.78, 5) is 13.4. The van der Waals surface area contributed by atoms with E-state index < -0.39 is 38.5 Å². The first kappa shape index (κ1) is 29.7. The van der Waals surface area contributed by atoms with Crippen molar-refractivity contribution in [2.24, 2.45) is 5.10 Å². The molecule has 212 valence electrons. The van der Waals surface area contributed by atoms with Crippen LogP contribution in [0.3, 0.4) is 0 Å². The predicted molar refractivity (Wildman–Crippen MR) is 152 cm³/mol. The topological polar surface area (TPSA) is 135 Å². The minimum Gasteiger partial charge on any atom is -0.493 e. The molecule has 1 amide bonds. The van der Waals surface area contributed by atoms with E-state index in [2.05, 4.69) is 26.5 Å². The van der Waals surface area contributed by atoms with E-state index in [0.29, 0.717) is 21.5 Å². The van der Waals surface area contributed by atoms with Crippen LogP contribution in [0.15, 0.2) is 92.2 Å². The Kier molecular flexibility index (Phi) is 9.26. The van der Waals surface area contributed by atoms with Crippen molar-refractivity contribution in [1.29, 1.82) is 0 Å². The Morgan fingerprint density at radius 2 is 1.52 bits per heavy atom. The Labute approximate surface area is 241 Å². The van der Waals surface area contributed by atoms with E-state index in [9.17, 15) is 21.6 Å². The van der Waals surface area contributed by atoms with Gasteiger partial charge in [-0.2, -0.15) is 13.7 Å². The second-order valence-electron chi connectivity index (χ2n) is 8.59. The van der Waals surface area contributed by atoms with Crippen LogP contribution in [0.25, 0.3) is 0 Å². The largest absolute Gasteiger partial charge is 0.493 e. The molecule has 14 heteroatoms. The molecule has 1 aliphatic rings. The summed E-state index contributed by atoms with van der Waals surface area (Å²) in [6, 6.07) is 17.4. The lowest BCUT2D eigenvalue weighted by atomic mass is 10.2. The number of carbonyl (C=O) groups is 1. The number of hydrogen-bond acceptors (Lipinski definition) is 8. The zero-order valence-electron chi connectivity index (χ0n) is 21.6. The van der Waals surface area contributed by atoms with Crippen LogP contribution in [0.1, 0.15) is 5.56 Å². The molecular weight excluding hydrogens is 624 g/mol. The molecule has 11 nitrogen and oxygen atoms in total.